The maximum absolute atomic E-state index is 12.7. The van der Waals surface area contributed by atoms with Gasteiger partial charge in [-0.25, -0.2) is 0 Å². The van der Waals surface area contributed by atoms with Crippen molar-refractivity contribution in [2.24, 2.45) is 0 Å². The van der Waals surface area contributed by atoms with Crippen molar-refractivity contribution in [3.05, 3.63) is 57.9 Å². The van der Waals surface area contributed by atoms with Crippen LogP contribution in [0.1, 0.15) is 49.7 Å². The summed E-state index contributed by atoms with van der Waals surface area (Å²) in [6, 6.07) is 7.14. The van der Waals surface area contributed by atoms with Crippen LogP contribution in [0.2, 0.25) is 0 Å². The van der Waals surface area contributed by atoms with Crippen molar-refractivity contribution < 1.29 is 9.59 Å². The number of hydrogen-bond acceptors (Lipinski definition) is 2. The monoisotopic (exact) mass is 251 g/mol. The third-order valence-corrected chi connectivity index (χ3v) is 4.30. The molecule has 94 valence electrons. The third kappa shape index (κ3) is 1.17. The number of carbonyl (C=O) groups excluding carboxylic acids is 2. The highest BCUT2D eigenvalue weighted by molar-refractivity contribution is 6.29. The zero-order chi connectivity index (χ0) is 13.1. The first kappa shape index (κ1) is 10.7. The molecule has 1 aliphatic carbocycles. The van der Waals surface area contributed by atoms with Gasteiger partial charge in [-0.1, -0.05) is 24.3 Å². The second kappa shape index (κ2) is 3.44. The predicted molar refractivity (Wildman–Crippen MR) is 70.8 cm³/mol. The molecule has 0 bridgehead atoms. The maximum atomic E-state index is 12.7. The minimum atomic E-state index is 0.00426. The van der Waals surface area contributed by atoms with Crippen LogP contribution >= 0.6 is 0 Å². The highest BCUT2D eigenvalue weighted by Crippen LogP contribution is 2.36. The van der Waals surface area contributed by atoms with Gasteiger partial charge in [0, 0.05) is 29.1 Å². The molecule has 2 heterocycles. The van der Waals surface area contributed by atoms with Crippen molar-refractivity contribution >= 4 is 11.6 Å². The second-order valence-corrected chi connectivity index (χ2v) is 5.24. The smallest absolute Gasteiger partial charge is 0.196 e. The number of fused-ring (bicyclic) bond motifs is 4. The van der Waals surface area contributed by atoms with Crippen LogP contribution < -0.4 is 0 Å². The van der Waals surface area contributed by atoms with Gasteiger partial charge in [-0.05, 0) is 19.8 Å². The van der Waals surface area contributed by atoms with E-state index in [1.54, 1.807) is 12.1 Å². The average Bonchev–Trinajstić information content (AvgIpc) is 2.99. The van der Waals surface area contributed by atoms with Crippen LogP contribution in [0.3, 0.4) is 0 Å². The van der Waals surface area contributed by atoms with Crippen LogP contribution in [0.15, 0.2) is 24.3 Å². The van der Waals surface area contributed by atoms with E-state index in [-0.39, 0.29) is 11.6 Å². The van der Waals surface area contributed by atoms with E-state index in [4.69, 9.17) is 0 Å². The van der Waals surface area contributed by atoms with Crippen LogP contribution in [-0.4, -0.2) is 16.1 Å². The Morgan fingerprint density at radius 2 is 1.63 bits per heavy atom. The summed E-state index contributed by atoms with van der Waals surface area (Å²) in [6.07, 6.45) is 1.96. The lowest BCUT2D eigenvalue weighted by atomic mass is 9.84. The van der Waals surface area contributed by atoms with E-state index in [9.17, 15) is 9.59 Å². The number of nitrogens with zero attached hydrogens (tertiary/aromatic N) is 1. The molecule has 19 heavy (non-hydrogen) atoms. The van der Waals surface area contributed by atoms with E-state index in [0.717, 1.165) is 30.8 Å². The first-order chi connectivity index (χ1) is 9.20. The summed E-state index contributed by atoms with van der Waals surface area (Å²) in [6.45, 7) is 2.87. The summed E-state index contributed by atoms with van der Waals surface area (Å²) in [5.74, 6) is 0.0218. The minimum absolute atomic E-state index is 0.00426. The van der Waals surface area contributed by atoms with Crippen molar-refractivity contribution in [2.45, 2.75) is 26.3 Å². The molecule has 0 amide bonds. The molecular weight excluding hydrogens is 238 g/mol. The Bertz CT molecular complexity index is 752. The van der Waals surface area contributed by atoms with Gasteiger partial charge in [0.1, 0.15) is 0 Å². The fraction of sp³-hybridized carbons (Fsp3) is 0.250. The molecule has 3 heteroatoms. The molecule has 0 spiro atoms. The Balaban J connectivity index is 2.09. The molecule has 0 radical (unpaired) electrons. The Labute approximate surface area is 110 Å². The first-order valence-corrected chi connectivity index (χ1v) is 6.60. The lowest BCUT2D eigenvalue weighted by Gasteiger charge is -2.15. The van der Waals surface area contributed by atoms with Gasteiger partial charge in [-0.2, -0.15) is 0 Å². The van der Waals surface area contributed by atoms with Gasteiger partial charge in [0.05, 0.1) is 11.1 Å². The van der Waals surface area contributed by atoms with Gasteiger partial charge in [0.2, 0.25) is 0 Å². The van der Waals surface area contributed by atoms with Crippen LogP contribution in [0, 0.1) is 6.92 Å². The highest BCUT2D eigenvalue weighted by Gasteiger charge is 2.37. The summed E-state index contributed by atoms with van der Waals surface area (Å²) in [7, 11) is 0. The average molecular weight is 251 g/mol. The van der Waals surface area contributed by atoms with Crippen molar-refractivity contribution in [1.82, 2.24) is 4.57 Å². The topological polar surface area (TPSA) is 39.1 Å². The molecule has 0 unspecified atom stereocenters. The van der Waals surface area contributed by atoms with Gasteiger partial charge >= 0.3 is 0 Å². The van der Waals surface area contributed by atoms with Crippen molar-refractivity contribution in [1.29, 1.82) is 0 Å². The van der Waals surface area contributed by atoms with Crippen LogP contribution in [0.5, 0.6) is 0 Å². The number of hydrogen-bond donors (Lipinski definition) is 0. The van der Waals surface area contributed by atoms with E-state index in [0.29, 0.717) is 22.3 Å². The Hall–Kier alpha value is -2.16. The molecule has 1 aromatic heterocycles. The molecule has 0 saturated heterocycles. The molecule has 0 saturated carbocycles. The molecule has 1 aliphatic heterocycles. The fourth-order valence-corrected chi connectivity index (χ4v) is 3.44. The van der Waals surface area contributed by atoms with Gasteiger partial charge in [-0.3, -0.25) is 9.59 Å². The molecule has 0 N–H and O–H groups in total. The molecule has 0 atom stereocenters. The number of aromatic nitrogens is 1. The third-order valence-electron chi connectivity index (χ3n) is 4.30. The van der Waals surface area contributed by atoms with Crippen molar-refractivity contribution in [3.8, 4) is 0 Å². The number of rotatable bonds is 0. The Morgan fingerprint density at radius 1 is 1.00 bits per heavy atom. The first-order valence-electron chi connectivity index (χ1n) is 6.60. The minimum Gasteiger partial charge on any atom is -0.347 e. The van der Waals surface area contributed by atoms with Crippen LogP contribution in [0.4, 0.5) is 0 Å². The number of benzene rings is 1. The standard InChI is InChI=1S/C16H13NO2/c1-9-13-14(12-7-4-8-17(9)12)16(19)11-6-3-2-5-10(11)15(13)18/h2-3,5-6H,4,7-8H2,1H3. The van der Waals surface area contributed by atoms with Crippen molar-refractivity contribution in [2.75, 3.05) is 0 Å². The predicted octanol–water partition coefficient (Wildman–Crippen LogP) is 2.52. The summed E-state index contributed by atoms with van der Waals surface area (Å²) in [5, 5.41) is 0. The van der Waals surface area contributed by atoms with Crippen LogP contribution in [-0.2, 0) is 13.0 Å². The van der Waals surface area contributed by atoms with E-state index in [1.165, 1.54) is 0 Å². The van der Waals surface area contributed by atoms with E-state index < -0.39 is 0 Å². The van der Waals surface area contributed by atoms with Crippen molar-refractivity contribution in [3.63, 3.8) is 0 Å². The van der Waals surface area contributed by atoms with E-state index in [2.05, 4.69) is 4.57 Å². The molecular formula is C16H13NO2. The molecule has 1 aromatic carbocycles. The summed E-state index contributed by atoms with van der Waals surface area (Å²) < 4.78 is 2.15. The second-order valence-electron chi connectivity index (χ2n) is 5.24. The molecule has 3 nitrogen and oxygen atoms in total. The molecule has 0 fully saturated rings. The largest absolute Gasteiger partial charge is 0.347 e. The summed E-state index contributed by atoms with van der Waals surface area (Å²) in [4.78, 5) is 25.3. The Kier molecular flexibility index (Phi) is 1.94. The van der Waals surface area contributed by atoms with Gasteiger partial charge < -0.3 is 4.57 Å². The normalized spacial score (nSPS) is 16.3. The summed E-state index contributed by atoms with van der Waals surface area (Å²) >= 11 is 0. The lowest BCUT2D eigenvalue weighted by molar-refractivity contribution is 0.0979. The summed E-state index contributed by atoms with van der Waals surface area (Å²) in [5.41, 5.74) is 4.42. The Morgan fingerprint density at radius 3 is 2.32 bits per heavy atom. The van der Waals surface area contributed by atoms with E-state index >= 15 is 0 Å². The number of carbonyl (C=O) groups is 2. The highest BCUT2D eigenvalue weighted by atomic mass is 16.1. The zero-order valence-corrected chi connectivity index (χ0v) is 10.7. The molecule has 4 rings (SSSR count). The maximum Gasteiger partial charge on any atom is 0.196 e. The number of ketones is 2. The molecule has 2 aromatic rings. The quantitative estimate of drug-likeness (QED) is 0.616. The molecule has 2 aliphatic rings. The van der Waals surface area contributed by atoms with Gasteiger partial charge in [-0.15, -0.1) is 0 Å². The fourth-order valence-electron chi connectivity index (χ4n) is 3.44. The SMILES string of the molecule is Cc1c2c(c3n1CCC3)C(=O)c1ccccc1C2=O. The van der Waals surface area contributed by atoms with E-state index in [1.807, 2.05) is 19.1 Å². The van der Waals surface area contributed by atoms with Gasteiger partial charge in [0.15, 0.2) is 11.6 Å². The zero-order valence-electron chi connectivity index (χ0n) is 10.7. The van der Waals surface area contributed by atoms with Gasteiger partial charge in [0.25, 0.3) is 0 Å². The van der Waals surface area contributed by atoms with Crippen LogP contribution in [0.25, 0.3) is 0 Å². The lowest BCUT2D eigenvalue weighted by Crippen LogP contribution is -2.20.